The number of likely N-dealkylation sites (tertiary alicyclic amines) is 1. The zero-order chi connectivity index (χ0) is 22.8. The van der Waals surface area contributed by atoms with Crippen molar-refractivity contribution < 1.29 is 14.3 Å². The van der Waals surface area contributed by atoms with E-state index in [4.69, 9.17) is 9.72 Å². The van der Waals surface area contributed by atoms with Crippen LogP contribution in [0.5, 0.6) is 5.75 Å². The molecule has 3 heterocycles. The van der Waals surface area contributed by atoms with Crippen molar-refractivity contribution in [1.29, 1.82) is 0 Å². The van der Waals surface area contributed by atoms with E-state index in [9.17, 15) is 9.59 Å². The number of aryl methyl sites for hydroxylation is 1. The Labute approximate surface area is 198 Å². The van der Waals surface area contributed by atoms with Crippen LogP contribution in [0.2, 0.25) is 0 Å². The first-order valence-electron chi connectivity index (χ1n) is 11.8. The van der Waals surface area contributed by atoms with Gasteiger partial charge in [-0.3, -0.25) is 4.79 Å². The largest absolute Gasteiger partial charge is 0.497 e. The molecule has 33 heavy (non-hydrogen) atoms. The van der Waals surface area contributed by atoms with Gasteiger partial charge in [0.1, 0.15) is 10.8 Å². The van der Waals surface area contributed by atoms with Crippen molar-refractivity contribution in [2.75, 3.05) is 39.8 Å². The van der Waals surface area contributed by atoms with E-state index in [1.807, 2.05) is 34.1 Å². The molecule has 176 valence electrons. The molecule has 3 aliphatic rings. The van der Waals surface area contributed by atoms with Gasteiger partial charge < -0.3 is 25.2 Å². The van der Waals surface area contributed by atoms with Gasteiger partial charge in [-0.1, -0.05) is 0 Å². The van der Waals surface area contributed by atoms with Gasteiger partial charge in [-0.15, -0.1) is 11.3 Å². The molecule has 2 unspecified atom stereocenters. The van der Waals surface area contributed by atoms with Gasteiger partial charge in [0.15, 0.2) is 0 Å². The number of aromatic nitrogens is 1. The Hall–Kier alpha value is -2.65. The maximum Gasteiger partial charge on any atom is 0.317 e. The third-order valence-electron chi connectivity index (χ3n) is 6.84. The van der Waals surface area contributed by atoms with Crippen LogP contribution in [0, 0.1) is 0 Å². The van der Waals surface area contributed by atoms with Crippen LogP contribution < -0.4 is 15.4 Å². The first-order chi connectivity index (χ1) is 16.1. The number of hydrogen-bond acceptors (Lipinski definition) is 6. The highest BCUT2D eigenvalue weighted by Gasteiger charge is 2.33. The van der Waals surface area contributed by atoms with Crippen molar-refractivity contribution in [3.05, 3.63) is 34.8 Å². The Bertz CT molecular complexity index is 1010. The zero-order valence-corrected chi connectivity index (χ0v) is 19.8. The number of nitrogens with one attached hydrogen (secondary N) is 2. The normalized spacial score (nSPS) is 23.2. The van der Waals surface area contributed by atoms with Crippen molar-refractivity contribution in [1.82, 2.24) is 25.4 Å². The summed E-state index contributed by atoms with van der Waals surface area (Å²) >= 11 is 1.68. The lowest BCUT2D eigenvalue weighted by Gasteiger charge is -2.41. The van der Waals surface area contributed by atoms with E-state index in [2.05, 4.69) is 10.6 Å². The summed E-state index contributed by atoms with van der Waals surface area (Å²) in [5.41, 5.74) is 2.17. The Balaban J connectivity index is 1.26. The Morgan fingerprint density at radius 1 is 1.21 bits per heavy atom. The average Bonchev–Trinajstić information content (AvgIpc) is 3.30. The number of ether oxygens (including phenoxy) is 1. The summed E-state index contributed by atoms with van der Waals surface area (Å²) in [5.74, 6) is 0.966. The number of thiazole rings is 1. The molecule has 2 aromatic rings. The predicted molar refractivity (Wildman–Crippen MR) is 127 cm³/mol. The van der Waals surface area contributed by atoms with Crippen molar-refractivity contribution in [2.45, 2.75) is 44.2 Å². The lowest BCUT2D eigenvalue weighted by molar-refractivity contribution is -0.135. The van der Waals surface area contributed by atoms with Gasteiger partial charge in [-0.25, -0.2) is 9.78 Å². The number of carbonyl (C=O) groups is 2. The molecule has 3 amide bonds. The number of piperazine rings is 1. The fourth-order valence-electron chi connectivity index (χ4n) is 5.06. The summed E-state index contributed by atoms with van der Waals surface area (Å²) in [4.78, 5) is 35.4. The molecule has 2 fully saturated rings. The molecule has 2 N–H and O–H groups in total. The molecule has 5 rings (SSSR count). The topological polar surface area (TPSA) is 86.8 Å². The minimum atomic E-state index is -0.0282. The quantitative estimate of drug-likeness (QED) is 0.719. The minimum Gasteiger partial charge on any atom is -0.497 e. The number of rotatable bonds is 4. The molecule has 2 aliphatic heterocycles. The fraction of sp³-hybridized carbons (Fsp3) is 0.542. The van der Waals surface area contributed by atoms with Gasteiger partial charge in [0.05, 0.1) is 30.3 Å². The van der Waals surface area contributed by atoms with Crippen molar-refractivity contribution in [2.24, 2.45) is 0 Å². The first-order valence-corrected chi connectivity index (χ1v) is 12.6. The number of nitrogens with zero attached hydrogens (tertiary/aromatic N) is 3. The monoisotopic (exact) mass is 469 g/mol. The number of methoxy groups -OCH3 is 1. The van der Waals surface area contributed by atoms with E-state index in [0.717, 1.165) is 73.8 Å². The highest BCUT2D eigenvalue weighted by Crippen LogP contribution is 2.38. The van der Waals surface area contributed by atoms with Gasteiger partial charge in [0, 0.05) is 37.8 Å². The van der Waals surface area contributed by atoms with E-state index < -0.39 is 0 Å². The molecule has 1 aromatic heterocycles. The number of urea groups is 1. The summed E-state index contributed by atoms with van der Waals surface area (Å²) < 4.78 is 5.26. The zero-order valence-electron chi connectivity index (χ0n) is 19.0. The van der Waals surface area contributed by atoms with Crippen LogP contribution in [0.3, 0.4) is 0 Å². The molecule has 9 heteroatoms. The number of benzene rings is 1. The molecule has 1 aromatic carbocycles. The van der Waals surface area contributed by atoms with Gasteiger partial charge in [-0.05, 0) is 56.4 Å². The summed E-state index contributed by atoms with van der Waals surface area (Å²) in [5, 5.41) is 7.39. The van der Waals surface area contributed by atoms with E-state index in [-0.39, 0.29) is 24.0 Å². The van der Waals surface area contributed by atoms with Crippen molar-refractivity contribution >= 4 is 23.3 Å². The Morgan fingerprint density at radius 3 is 2.85 bits per heavy atom. The Kier molecular flexibility index (Phi) is 6.50. The van der Waals surface area contributed by atoms with Crippen LogP contribution in [0.1, 0.15) is 42.3 Å². The van der Waals surface area contributed by atoms with Crippen LogP contribution in [0.4, 0.5) is 4.79 Å². The highest BCUT2D eigenvalue weighted by molar-refractivity contribution is 7.15. The summed E-state index contributed by atoms with van der Waals surface area (Å²) in [6.07, 6.45) is 4.78. The first kappa shape index (κ1) is 22.2. The van der Waals surface area contributed by atoms with Crippen LogP contribution in [-0.2, 0) is 11.2 Å². The molecule has 1 aliphatic carbocycles. The summed E-state index contributed by atoms with van der Waals surface area (Å²) in [6.45, 7) is 3.29. The number of fused-ring (bicyclic) bond motifs is 1. The second-order valence-corrected chi connectivity index (χ2v) is 9.99. The predicted octanol–water partition coefficient (Wildman–Crippen LogP) is 2.80. The van der Waals surface area contributed by atoms with Gasteiger partial charge in [0.25, 0.3) is 0 Å². The average molecular weight is 470 g/mol. The van der Waals surface area contributed by atoms with Gasteiger partial charge in [-0.2, -0.15) is 0 Å². The SMILES string of the molecule is COc1ccc(-c2nc3c(s2)C(NC(=O)N2CCCC(N4CCNCC4=O)C2)CCC3)cc1. The van der Waals surface area contributed by atoms with E-state index in [0.29, 0.717) is 13.1 Å². The maximum atomic E-state index is 13.2. The minimum absolute atomic E-state index is 0.00746. The molecule has 2 atom stereocenters. The standard InChI is InChI=1S/C24H31N5O3S/c1-32-18-9-7-16(8-10-18)23-26-19-5-2-6-20(22(19)33-23)27-24(31)28-12-3-4-17(15-28)29-13-11-25-14-21(29)30/h7-10,17,20,25H,2-6,11-15H2,1H3,(H,27,31). The van der Waals surface area contributed by atoms with E-state index in [1.165, 1.54) is 4.88 Å². The molecule has 0 spiro atoms. The van der Waals surface area contributed by atoms with E-state index in [1.54, 1.807) is 18.4 Å². The highest BCUT2D eigenvalue weighted by atomic mass is 32.1. The second-order valence-electron chi connectivity index (χ2n) is 8.96. The summed E-state index contributed by atoms with van der Waals surface area (Å²) in [7, 11) is 1.66. The third-order valence-corrected chi connectivity index (χ3v) is 8.10. The third kappa shape index (κ3) is 4.70. The second kappa shape index (κ2) is 9.69. The van der Waals surface area contributed by atoms with Crippen LogP contribution >= 0.6 is 11.3 Å². The van der Waals surface area contributed by atoms with E-state index >= 15 is 0 Å². The molecule has 2 saturated heterocycles. The number of amides is 3. The summed E-state index contributed by atoms with van der Waals surface area (Å²) in [6, 6.07) is 8.04. The van der Waals surface area contributed by atoms with Gasteiger partial charge >= 0.3 is 6.03 Å². The molecule has 8 nitrogen and oxygen atoms in total. The van der Waals surface area contributed by atoms with Crippen LogP contribution in [0.25, 0.3) is 10.6 Å². The number of piperidine rings is 1. The molecular formula is C24H31N5O3S. The maximum absolute atomic E-state index is 13.2. The Morgan fingerprint density at radius 2 is 2.06 bits per heavy atom. The molecule has 0 bridgehead atoms. The van der Waals surface area contributed by atoms with Crippen LogP contribution in [0.15, 0.2) is 24.3 Å². The van der Waals surface area contributed by atoms with Crippen molar-refractivity contribution in [3.63, 3.8) is 0 Å². The van der Waals surface area contributed by atoms with Gasteiger partial charge in [0.2, 0.25) is 5.91 Å². The lowest BCUT2D eigenvalue weighted by atomic mass is 9.98. The number of hydrogen-bond donors (Lipinski definition) is 2. The fourth-order valence-corrected chi connectivity index (χ4v) is 6.26. The lowest BCUT2D eigenvalue weighted by Crippen LogP contribution is -2.58. The molecule has 0 saturated carbocycles. The number of carbonyl (C=O) groups excluding carboxylic acids is 2. The van der Waals surface area contributed by atoms with Crippen LogP contribution in [-0.4, -0.2) is 72.6 Å². The smallest absolute Gasteiger partial charge is 0.317 e. The molecule has 0 radical (unpaired) electrons. The molecular weight excluding hydrogens is 438 g/mol. The van der Waals surface area contributed by atoms with Crippen molar-refractivity contribution in [3.8, 4) is 16.3 Å².